The Kier molecular flexibility index (Phi) is 3.91. The lowest BCUT2D eigenvalue weighted by Gasteiger charge is -2.58. The molecule has 4 rings (SSSR count). The van der Waals surface area contributed by atoms with E-state index in [9.17, 15) is 14.7 Å². The van der Waals surface area contributed by atoms with Crippen LogP contribution in [0.5, 0.6) is 0 Å². The summed E-state index contributed by atoms with van der Waals surface area (Å²) in [5.41, 5.74) is 1.12. The van der Waals surface area contributed by atoms with Gasteiger partial charge in [0.15, 0.2) is 0 Å². The van der Waals surface area contributed by atoms with Gasteiger partial charge in [-0.2, -0.15) is 0 Å². The molecule has 0 bridgehead atoms. The SMILES string of the molecule is CC(=O)O[C@H]1CC[C@@]2(C)C(=CC(O)C3C2CC[C@]2(C)C(=O)CCC32)C1. The average Bonchev–Trinajstić information content (AvgIpc) is 2.84. The molecule has 4 aliphatic rings. The van der Waals surface area contributed by atoms with Gasteiger partial charge in [-0.25, -0.2) is 0 Å². The number of fused-ring (bicyclic) bond motifs is 5. The van der Waals surface area contributed by atoms with E-state index in [1.54, 1.807) is 0 Å². The molecular formula is C21H30O4. The van der Waals surface area contributed by atoms with Gasteiger partial charge in [0, 0.05) is 25.2 Å². The van der Waals surface area contributed by atoms with Gasteiger partial charge in [-0.3, -0.25) is 9.59 Å². The number of ether oxygens (including phenoxy) is 1. The molecule has 0 spiro atoms. The number of hydrogen-bond donors (Lipinski definition) is 1. The molecule has 0 aromatic rings. The molecule has 0 aromatic heterocycles. The molecule has 1 N–H and O–H groups in total. The van der Waals surface area contributed by atoms with Crippen molar-refractivity contribution in [1.29, 1.82) is 0 Å². The lowest BCUT2D eigenvalue weighted by Crippen LogP contribution is -2.54. The third kappa shape index (κ3) is 2.43. The van der Waals surface area contributed by atoms with E-state index in [1.807, 2.05) is 6.08 Å². The number of hydrogen-bond acceptors (Lipinski definition) is 4. The number of ketones is 1. The van der Waals surface area contributed by atoms with Crippen LogP contribution in [0.2, 0.25) is 0 Å². The number of Topliss-reactive ketones (excluding diaryl/α,β-unsaturated/α-hetero) is 1. The van der Waals surface area contributed by atoms with Gasteiger partial charge in [0.2, 0.25) is 0 Å². The maximum absolute atomic E-state index is 12.5. The fourth-order valence-electron chi connectivity index (χ4n) is 6.72. The van der Waals surface area contributed by atoms with Crippen molar-refractivity contribution < 1.29 is 19.4 Å². The minimum Gasteiger partial charge on any atom is -0.462 e. The molecule has 138 valence electrons. The summed E-state index contributed by atoms with van der Waals surface area (Å²) in [7, 11) is 0. The first-order chi connectivity index (χ1) is 11.8. The summed E-state index contributed by atoms with van der Waals surface area (Å²) in [4.78, 5) is 23.8. The number of rotatable bonds is 1. The van der Waals surface area contributed by atoms with E-state index in [-0.39, 0.29) is 28.8 Å². The molecule has 4 aliphatic carbocycles. The Bertz CT molecular complexity index is 638. The summed E-state index contributed by atoms with van der Waals surface area (Å²) in [5, 5.41) is 11.0. The van der Waals surface area contributed by atoms with Crippen molar-refractivity contribution in [2.24, 2.45) is 28.6 Å². The van der Waals surface area contributed by atoms with Crippen molar-refractivity contribution >= 4 is 11.8 Å². The summed E-state index contributed by atoms with van der Waals surface area (Å²) >= 11 is 0. The molecule has 25 heavy (non-hydrogen) atoms. The smallest absolute Gasteiger partial charge is 0.302 e. The van der Waals surface area contributed by atoms with Crippen molar-refractivity contribution in [3.05, 3.63) is 11.6 Å². The van der Waals surface area contributed by atoms with Gasteiger partial charge in [-0.05, 0) is 55.3 Å². The molecule has 0 heterocycles. The fourth-order valence-corrected chi connectivity index (χ4v) is 6.72. The molecule has 4 unspecified atom stereocenters. The lowest BCUT2D eigenvalue weighted by atomic mass is 9.47. The highest BCUT2D eigenvalue weighted by atomic mass is 16.5. The van der Waals surface area contributed by atoms with Crippen molar-refractivity contribution in [3.8, 4) is 0 Å². The Hall–Kier alpha value is -1.16. The van der Waals surface area contributed by atoms with Crippen LogP contribution in [0.4, 0.5) is 0 Å². The Morgan fingerprint density at radius 2 is 1.84 bits per heavy atom. The molecule has 0 aliphatic heterocycles. The monoisotopic (exact) mass is 346 g/mol. The fraction of sp³-hybridized carbons (Fsp3) is 0.810. The van der Waals surface area contributed by atoms with Gasteiger partial charge in [-0.15, -0.1) is 0 Å². The molecule has 0 aromatic carbocycles. The summed E-state index contributed by atoms with van der Waals surface area (Å²) in [6.07, 6.45) is 7.76. The minimum absolute atomic E-state index is 0.0533. The van der Waals surface area contributed by atoms with Crippen LogP contribution in [0.15, 0.2) is 11.6 Å². The van der Waals surface area contributed by atoms with E-state index in [0.717, 1.165) is 38.5 Å². The van der Waals surface area contributed by atoms with Crippen molar-refractivity contribution in [2.75, 3.05) is 0 Å². The van der Waals surface area contributed by atoms with Gasteiger partial charge in [0.25, 0.3) is 0 Å². The first kappa shape index (κ1) is 17.3. The van der Waals surface area contributed by atoms with Crippen LogP contribution >= 0.6 is 0 Å². The van der Waals surface area contributed by atoms with Crippen LogP contribution in [-0.2, 0) is 14.3 Å². The number of carbonyl (C=O) groups excluding carboxylic acids is 2. The van der Waals surface area contributed by atoms with Gasteiger partial charge >= 0.3 is 5.97 Å². The second kappa shape index (κ2) is 5.67. The minimum atomic E-state index is -0.473. The van der Waals surface area contributed by atoms with Crippen molar-refractivity contribution in [3.63, 3.8) is 0 Å². The standard InChI is InChI=1S/C21H30O4/c1-12(22)25-14-6-8-20(2)13(10-14)11-17(23)19-15-4-5-18(24)21(15,3)9-7-16(19)20/h11,14-17,19,23H,4-10H2,1-3H3/t14-,15?,16?,17?,19?,20-,21-/m0/s1. The van der Waals surface area contributed by atoms with E-state index < -0.39 is 6.10 Å². The van der Waals surface area contributed by atoms with Crippen LogP contribution in [-0.4, -0.2) is 29.1 Å². The quantitative estimate of drug-likeness (QED) is 0.584. The highest BCUT2D eigenvalue weighted by Crippen LogP contribution is 2.64. The zero-order chi connectivity index (χ0) is 18.0. The van der Waals surface area contributed by atoms with Gasteiger partial charge in [-0.1, -0.05) is 25.5 Å². The van der Waals surface area contributed by atoms with Crippen LogP contribution < -0.4 is 0 Å². The van der Waals surface area contributed by atoms with Crippen LogP contribution in [0.3, 0.4) is 0 Å². The normalized spacial score (nSPS) is 48.9. The predicted molar refractivity (Wildman–Crippen MR) is 93.7 cm³/mol. The van der Waals surface area contributed by atoms with Crippen molar-refractivity contribution in [1.82, 2.24) is 0 Å². The van der Waals surface area contributed by atoms with Crippen LogP contribution in [0.1, 0.15) is 65.7 Å². The Morgan fingerprint density at radius 3 is 2.56 bits per heavy atom. The lowest BCUT2D eigenvalue weighted by molar-refractivity contribution is -0.149. The highest BCUT2D eigenvalue weighted by molar-refractivity contribution is 5.87. The molecule has 7 atom stereocenters. The zero-order valence-electron chi connectivity index (χ0n) is 15.6. The molecule has 0 radical (unpaired) electrons. The Morgan fingerprint density at radius 1 is 1.16 bits per heavy atom. The Balaban J connectivity index is 1.65. The van der Waals surface area contributed by atoms with E-state index in [4.69, 9.17) is 4.74 Å². The number of aliphatic hydroxyl groups excluding tert-OH is 1. The molecule has 4 nitrogen and oxygen atoms in total. The topological polar surface area (TPSA) is 63.6 Å². The summed E-state index contributed by atoms with van der Waals surface area (Å²) in [6.45, 7) is 5.94. The highest BCUT2D eigenvalue weighted by Gasteiger charge is 2.60. The third-order valence-electron chi connectivity index (χ3n) is 8.13. The second-order valence-electron chi connectivity index (χ2n) is 9.28. The van der Waals surface area contributed by atoms with E-state index in [1.165, 1.54) is 12.5 Å². The molecule has 3 saturated carbocycles. The molecule has 3 fully saturated rings. The number of carbonyl (C=O) groups is 2. The van der Waals surface area contributed by atoms with E-state index in [2.05, 4.69) is 13.8 Å². The third-order valence-corrected chi connectivity index (χ3v) is 8.13. The Labute approximate surface area is 150 Å². The first-order valence-corrected chi connectivity index (χ1v) is 9.85. The molecular weight excluding hydrogens is 316 g/mol. The maximum Gasteiger partial charge on any atom is 0.302 e. The number of esters is 1. The van der Waals surface area contributed by atoms with Crippen molar-refractivity contribution in [2.45, 2.75) is 77.9 Å². The summed E-state index contributed by atoms with van der Waals surface area (Å²) in [6, 6.07) is 0. The van der Waals surface area contributed by atoms with E-state index in [0.29, 0.717) is 24.0 Å². The average molecular weight is 346 g/mol. The first-order valence-electron chi connectivity index (χ1n) is 9.85. The summed E-state index contributed by atoms with van der Waals surface area (Å²) < 4.78 is 5.45. The maximum atomic E-state index is 12.5. The van der Waals surface area contributed by atoms with Gasteiger partial charge in [0.05, 0.1) is 6.10 Å². The van der Waals surface area contributed by atoms with Gasteiger partial charge in [0.1, 0.15) is 11.9 Å². The predicted octanol–water partition coefficient (Wildman–Crippen LogP) is 3.42. The van der Waals surface area contributed by atoms with Crippen LogP contribution in [0, 0.1) is 28.6 Å². The van der Waals surface area contributed by atoms with Gasteiger partial charge < -0.3 is 9.84 Å². The summed E-state index contributed by atoms with van der Waals surface area (Å²) in [5.74, 6) is 1.13. The molecule has 0 saturated heterocycles. The second-order valence-corrected chi connectivity index (χ2v) is 9.28. The zero-order valence-corrected chi connectivity index (χ0v) is 15.6. The molecule has 0 amide bonds. The van der Waals surface area contributed by atoms with Crippen LogP contribution in [0.25, 0.3) is 0 Å². The van der Waals surface area contributed by atoms with E-state index >= 15 is 0 Å². The molecule has 4 heteroatoms. The number of aliphatic hydroxyl groups is 1. The largest absolute Gasteiger partial charge is 0.462 e.